The maximum Gasteiger partial charge on any atom is 0.234 e. The third-order valence-corrected chi connectivity index (χ3v) is 4.75. The molecule has 0 atom stereocenters. The van der Waals surface area contributed by atoms with Crippen molar-refractivity contribution < 1.29 is 4.79 Å². The number of anilines is 1. The predicted octanol–water partition coefficient (Wildman–Crippen LogP) is 2.29. The molecule has 2 N–H and O–H groups in total. The topological polar surface area (TPSA) is 64.9 Å². The Balaban J connectivity index is 1.86. The molecule has 0 spiro atoms. The zero-order valence-electron chi connectivity index (χ0n) is 11.6. The summed E-state index contributed by atoms with van der Waals surface area (Å²) in [5.74, 6) is 0.479. The smallest absolute Gasteiger partial charge is 0.234 e. The number of nitrogens with one attached hydrogen (secondary N) is 2. The third kappa shape index (κ3) is 4.26. The van der Waals surface area contributed by atoms with E-state index in [-0.39, 0.29) is 5.91 Å². The van der Waals surface area contributed by atoms with Crippen LogP contribution in [0.2, 0.25) is 0 Å². The van der Waals surface area contributed by atoms with Crippen molar-refractivity contribution in [1.82, 2.24) is 5.32 Å². The van der Waals surface area contributed by atoms with Crippen LogP contribution in [0.4, 0.5) is 5.69 Å². The summed E-state index contributed by atoms with van der Waals surface area (Å²) in [5, 5.41) is 15.7. The molecule has 0 saturated carbocycles. The maximum absolute atomic E-state index is 12.0. The van der Waals surface area contributed by atoms with Crippen molar-refractivity contribution in [3.05, 3.63) is 29.3 Å². The summed E-state index contributed by atoms with van der Waals surface area (Å²) < 4.78 is 0. The molecule has 4 nitrogen and oxygen atoms in total. The van der Waals surface area contributed by atoms with Crippen LogP contribution in [-0.2, 0) is 4.79 Å². The SMILES string of the molecule is Cc1ccc(C#N)cc1NC(=O)CSC1CCNCC1. The monoisotopic (exact) mass is 289 g/mol. The van der Waals surface area contributed by atoms with Gasteiger partial charge in [-0.15, -0.1) is 11.8 Å². The van der Waals surface area contributed by atoms with Gasteiger partial charge >= 0.3 is 0 Å². The van der Waals surface area contributed by atoms with E-state index in [1.807, 2.05) is 13.0 Å². The first-order valence-electron chi connectivity index (χ1n) is 6.82. The Morgan fingerprint density at radius 3 is 2.95 bits per heavy atom. The lowest BCUT2D eigenvalue weighted by Gasteiger charge is -2.21. The number of hydrogen-bond donors (Lipinski definition) is 2. The van der Waals surface area contributed by atoms with E-state index in [1.165, 1.54) is 0 Å². The van der Waals surface area contributed by atoms with Gasteiger partial charge in [-0.05, 0) is 50.6 Å². The molecular weight excluding hydrogens is 270 g/mol. The Hall–Kier alpha value is -1.51. The Morgan fingerprint density at radius 1 is 1.50 bits per heavy atom. The first-order chi connectivity index (χ1) is 9.69. The van der Waals surface area contributed by atoms with Gasteiger partial charge in [-0.1, -0.05) is 6.07 Å². The number of nitrogens with zero attached hydrogens (tertiary/aromatic N) is 1. The molecule has 0 unspecified atom stereocenters. The minimum absolute atomic E-state index is 0.00622. The van der Waals surface area contributed by atoms with Gasteiger partial charge in [-0.3, -0.25) is 4.79 Å². The summed E-state index contributed by atoms with van der Waals surface area (Å²) in [6.45, 7) is 4.02. The first-order valence-corrected chi connectivity index (χ1v) is 7.87. The first kappa shape index (κ1) is 14.9. The summed E-state index contributed by atoms with van der Waals surface area (Å²) in [6, 6.07) is 7.43. The fourth-order valence-corrected chi connectivity index (χ4v) is 3.20. The number of piperidine rings is 1. The molecule has 106 valence electrons. The van der Waals surface area contributed by atoms with Crippen LogP contribution in [0.5, 0.6) is 0 Å². The van der Waals surface area contributed by atoms with E-state index >= 15 is 0 Å². The minimum Gasteiger partial charge on any atom is -0.325 e. The molecule has 1 aliphatic heterocycles. The number of aryl methyl sites for hydroxylation is 1. The van der Waals surface area contributed by atoms with E-state index in [0.717, 1.165) is 37.2 Å². The van der Waals surface area contributed by atoms with Crippen LogP contribution in [0.1, 0.15) is 24.0 Å². The molecule has 1 aromatic carbocycles. The highest BCUT2D eigenvalue weighted by molar-refractivity contribution is 8.00. The van der Waals surface area contributed by atoms with Crippen molar-refractivity contribution in [3.8, 4) is 6.07 Å². The quantitative estimate of drug-likeness (QED) is 0.892. The molecule has 1 saturated heterocycles. The molecule has 0 aromatic heterocycles. The molecule has 0 bridgehead atoms. The number of carbonyl (C=O) groups excluding carboxylic acids is 1. The van der Waals surface area contributed by atoms with Crippen LogP contribution < -0.4 is 10.6 Å². The fraction of sp³-hybridized carbons (Fsp3) is 0.467. The van der Waals surface area contributed by atoms with Gasteiger partial charge in [-0.25, -0.2) is 0 Å². The molecule has 0 radical (unpaired) electrons. The summed E-state index contributed by atoms with van der Waals surface area (Å²) in [5.41, 5.74) is 2.28. The number of benzene rings is 1. The molecule has 1 heterocycles. The van der Waals surface area contributed by atoms with Crippen molar-refractivity contribution in [2.45, 2.75) is 25.0 Å². The van der Waals surface area contributed by atoms with Gasteiger partial charge in [0.25, 0.3) is 0 Å². The number of amides is 1. The summed E-state index contributed by atoms with van der Waals surface area (Å²) >= 11 is 1.72. The van der Waals surface area contributed by atoms with Crippen molar-refractivity contribution in [2.24, 2.45) is 0 Å². The number of hydrogen-bond acceptors (Lipinski definition) is 4. The van der Waals surface area contributed by atoms with Crippen LogP contribution >= 0.6 is 11.8 Å². The molecule has 1 aliphatic rings. The van der Waals surface area contributed by atoms with Crippen LogP contribution in [0.25, 0.3) is 0 Å². The molecule has 1 amide bonds. The number of rotatable bonds is 4. The van der Waals surface area contributed by atoms with Gasteiger partial charge in [0.1, 0.15) is 0 Å². The van der Waals surface area contributed by atoms with E-state index in [0.29, 0.717) is 16.6 Å². The van der Waals surface area contributed by atoms with Gasteiger partial charge < -0.3 is 10.6 Å². The zero-order chi connectivity index (χ0) is 14.4. The molecule has 20 heavy (non-hydrogen) atoms. The Bertz CT molecular complexity index is 518. The van der Waals surface area contributed by atoms with Crippen molar-refractivity contribution >= 4 is 23.4 Å². The number of nitriles is 1. The molecule has 2 rings (SSSR count). The second-order valence-electron chi connectivity index (χ2n) is 4.95. The van der Waals surface area contributed by atoms with E-state index in [1.54, 1.807) is 23.9 Å². The van der Waals surface area contributed by atoms with Crippen molar-refractivity contribution in [3.63, 3.8) is 0 Å². The van der Waals surface area contributed by atoms with E-state index in [9.17, 15) is 4.79 Å². The molecule has 5 heteroatoms. The van der Waals surface area contributed by atoms with Crippen LogP contribution in [0, 0.1) is 18.3 Å². The van der Waals surface area contributed by atoms with Crippen molar-refractivity contribution in [1.29, 1.82) is 5.26 Å². The lowest BCUT2D eigenvalue weighted by molar-refractivity contribution is -0.113. The average molecular weight is 289 g/mol. The largest absolute Gasteiger partial charge is 0.325 e. The van der Waals surface area contributed by atoms with Gasteiger partial charge in [-0.2, -0.15) is 5.26 Å². The van der Waals surface area contributed by atoms with E-state index in [4.69, 9.17) is 5.26 Å². The normalized spacial score (nSPS) is 15.6. The van der Waals surface area contributed by atoms with Gasteiger partial charge in [0.15, 0.2) is 0 Å². The van der Waals surface area contributed by atoms with Gasteiger partial charge in [0, 0.05) is 10.9 Å². The van der Waals surface area contributed by atoms with Crippen LogP contribution in [-0.4, -0.2) is 30.0 Å². The fourth-order valence-electron chi connectivity index (χ4n) is 2.17. The lowest BCUT2D eigenvalue weighted by Crippen LogP contribution is -2.30. The van der Waals surface area contributed by atoms with E-state index < -0.39 is 0 Å². The summed E-state index contributed by atoms with van der Waals surface area (Å²) in [4.78, 5) is 12.0. The Kier molecular flexibility index (Phi) is 5.45. The highest BCUT2D eigenvalue weighted by Crippen LogP contribution is 2.21. The zero-order valence-corrected chi connectivity index (χ0v) is 12.4. The van der Waals surface area contributed by atoms with Crippen LogP contribution in [0.3, 0.4) is 0 Å². The standard InChI is InChI=1S/C15H19N3OS/c1-11-2-3-12(9-16)8-14(11)18-15(19)10-20-13-4-6-17-7-5-13/h2-3,8,13,17H,4-7,10H2,1H3,(H,18,19). The number of carbonyl (C=O) groups is 1. The highest BCUT2D eigenvalue weighted by Gasteiger charge is 2.15. The number of thioether (sulfide) groups is 1. The van der Waals surface area contributed by atoms with Crippen LogP contribution in [0.15, 0.2) is 18.2 Å². The van der Waals surface area contributed by atoms with Gasteiger partial charge in [0.05, 0.1) is 17.4 Å². The summed E-state index contributed by atoms with van der Waals surface area (Å²) in [6.07, 6.45) is 2.25. The molecule has 0 aliphatic carbocycles. The molecule has 1 fully saturated rings. The molecular formula is C15H19N3OS. The third-order valence-electron chi connectivity index (χ3n) is 3.38. The van der Waals surface area contributed by atoms with Gasteiger partial charge in [0.2, 0.25) is 5.91 Å². The maximum atomic E-state index is 12.0. The second kappa shape index (κ2) is 7.32. The summed E-state index contributed by atoms with van der Waals surface area (Å²) in [7, 11) is 0. The van der Waals surface area contributed by atoms with Crippen molar-refractivity contribution in [2.75, 3.05) is 24.2 Å². The molecule has 1 aromatic rings. The Morgan fingerprint density at radius 2 is 2.25 bits per heavy atom. The second-order valence-corrected chi connectivity index (χ2v) is 6.24. The lowest BCUT2D eigenvalue weighted by atomic mass is 10.1. The average Bonchev–Trinajstić information content (AvgIpc) is 2.48. The predicted molar refractivity (Wildman–Crippen MR) is 82.9 cm³/mol. The highest BCUT2D eigenvalue weighted by atomic mass is 32.2. The Labute approximate surface area is 123 Å². The minimum atomic E-state index is 0.00622. The van der Waals surface area contributed by atoms with E-state index in [2.05, 4.69) is 16.7 Å².